The molecular weight excluding hydrogens is 348 g/mol. The first-order chi connectivity index (χ1) is 12.6. The summed E-state index contributed by atoms with van der Waals surface area (Å²) in [5.41, 5.74) is 2.96. The number of halogens is 1. The van der Waals surface area contributed by atoms with Gasteiger partial charge in [0.2, 0.25) is 0 Å². The normalized spacial score (nSPS) is 14.8. The van der Waals surface area contributed by atoms with Crippen molar-refractivity contribution in [3.63, 3.8) is 0 Å². The first kappa shape index (κ1) is 16.8. The summed E-state index contributed by atoms with van der Waals surface area (Å²) in [4.78, 5) is 19.5. The van der Waals surface area contributed by atoms with E-state index in [4.69, 9.17) is 11.6 Å². The van der Waals surface area contributed by atoms with Gasteiger partial charge in [0.15, 0.2) is 0 Å². The van der Waals surface area contributed by atoms with Crippen molar-refractivity contribution in [1.29, 1.82) is 0 Å². The van der Waals surface area contributed by atoms with E-state index in [2.05, 4.69) is 15.2 Å². The van der Waals surface area contributed by atoms with Crippen molar-refractivity contribution in [3.05, 3.63) is 71.1 Å². The monoisotopic (exact) mass is 366 g/mol. The maximum absolute atomic E-state index is 13.2. The predicted octanol–water partition coefficient (Wildman–Crippen LogP) is 4.49. The van der Waals surface area contributed by atoms with Gasteiger partial charge in [-0.15, -0.1) is 0 Å². The largest absolute Gasteiger partial charge is 0.326 e. The number of hydrogen-bond donors (Lipinski definition) is 1. The highest BCUT2D eigenvalue weighted by Gasteiger charge is 2.37. The number of nitrogens with one attached hydrogen (secondary N) is 1. The van der Waals surface area contributed by atoms with Gasteiger partial charge in [0.25, 0.3) is 5.91 Å². The fourth-order valence-corrected chi connectivity index (χ4v) is 3.33. The lowest BCUT2D eigenvalue weighted by Gasteiger charge is -2.28. The smallest absolute Gasteiger partial charge is 0.272 e. The summed E-state index contributed by atoms with van der Waals surface area (Å²) in [6, 6.07) is 15.2. The van der Waals surface area contributed by atoms with E-state index in [9.17, 15) is 4.79 Å². The lowest BCUT2D eigenvalue weighted by atomic mass is 10.1. The lowest BCUT2D eigenvalue weighted by molar-refractivity contribution is 0.0664. The van der Waals surface area contributed by atoms with E-state index in [0.717, 1.165) is 24.1 Å². The van der Waals surface area contributed by atoms with Gasteiger partial charge in [0.05, 0.1) is 17.4 Å². The Balaban J connectivity index is 1.61. The Labute approximate surface area is 157 Å². The van der Waals surface area contributed by atoms with Crippen molar-refractivity contribution >= 4 is 17.5 Å². The van der Waals surface area contributed by atoms with Crippen LogP contribution in [-0.4, -0.2) is 32.0 Å². The van der Waals surface area contributed by atoms with Crippen LogP contribution in [0.4, 0.5) is 0 Å². The first-order valence-electron chi connectivity index (χ1n) is 8.68. The summed E-state index contributed by atoms with van der Waals surface area (Å²) in [7, 11) is 0. The van der Waals surface area contributed by atoms with Gasteiger partial charge in [-0.05, 0) is 50.1 Å². The highest BCUT2D eigenvalue weighted by molar-refractivity contribution is 6.30. The molecule has 1 aromatic carbocycles. The Bertz CT molecular complexity index is 920. The molecule has 1 aliphatic carbocycles. The SMILES string of the molecule is C[C@@H](c1ccccn1)N(C(=O)c1cc(-c2cccc(Cl)c2)n[nH]1)C1CC1. The van der Waals surface area contributed by atoms with Crippen LogP contribution in [0.25, 0.3) is 11.3 Å². The topological polar surface area (TPSA) is 61.9 Å². The molecule has 1 amide bonds. The van der Waals surface area contributed by atoms with Gasteiger partial charge >= 0.3 is 0 Å². The van der Waals surface area contributed by atoms with Crippen LogP contribution in [0, 0.1) is 0 Å². The van der Waals surface area contributed by atoms with Crippen LogP contribution in [0.15, 0.2) is 54.7 Å². The molecule has 1 atom stereocenters. The highest BCUT2D eigenvalue weighted by Crippen LogP contribution is 2.35. The molecule has 1 N–H and O–H groups in total. The second-order valence-electron chi connectivity index (χ2n) is 6.55. The quantitative estimate of drug-likeness (QED) is 0.723. The molecule has 1 aliphatic rings. The zero-order valence-electron chi connectivity index (χ0n) is 14.4. The minimum absolute atomic E-state index is 0.0496. The van der Waals surface area contributed by atoms with E-state index in [1.807, 2.05) is 54.3 Å². The van der Waals surface area contributed by atoms with Crippen molar-refractivity contribution in [2.45, 2.75) is 31.8 Å². The number of H-pyrrole nitrogens is 1. The first-order valence-corrected chi connectivity index (χ1v) is 9.06. The zero-order valence-corrected chi connectivity index (χ0v) is 15.1. The number of aromatic nitrogens is 3. The Kier molecular flexibility index (Phi) is 4.47. The summed E-state index contributed by atoms with van der Waals surface area (Å²) in [5, 5.41) is 7.82. The van der Waals surface area contributed by atoms with Crippen molar-refractivity contribution in [2.75, 3.05) is 0 Å². The molecule has 0 bridgehead atoms. The molecule has 0 radical (unpaired) electrons. The fraction of sp³-hybridized carbons (Fsp3) is 0.250. The number of rotatable bonds is 5. The summed E-state index contributed by atoms with van der Waals surface area (Å²) in [5.74, 6) is -0.0496. The maximum atomic E-state index is 13.2. The van der Waals surface area contributed by atoms with E-state index < -0.39 is 0 Å². The summed E-state index contributed by atoms with van der Waals surface area (Å²) >= 11 is 6.05. The van der Waals surface area contributed by atoms with Crippen LogP contribution in [0.2, 0.25) is 5.02 Å². The third-order valence-electron chi connectivity index (χ3n) is 4.64. The van der Waals surface area contributed by atoms with Crippen molar-refractivity contribution in [1.82, 2.24) is 20.1 Å². The van der Waals surface area contributed by atoms with Gasteiger partial charge in [-0.25, -0.2) is 0 Å². The van der Waals surface area contributed by atoms with Crippen molar-refractivity contribution < 1.29 is 4.79 Å². The highest BCUT2D eigenvalue weighted by atomic mass is 35.5. The van der Waals surface area contributed by atoms with Gasteiger partial charge in [-0.3, -0.25) is 14.9 Å². The van der Waals surface area contributed by atoms with E-state index >= 15 is 0 Å². The number of carbonyl (C=O) groups is 1. The standard InChI is InChI=1S/C20H19ClN4O/c1-13(17-7-2-3-10-22-17)25(16-8-9-16)20(26)19-12-18(23-24-19)14-5-4-6-15(21)11-14/h2-7,10-13,16H,8-9H2,1H3,(H,23,24)/t13-/m0/s1. The number of benzene rings is 1. The van der Waals surface area contributed by atoms with Crippen LogP contribution in [0.3, 0.4) is 0 Å². The molecular formula is C20H19ClN4O. The molecule has 1 saturated carbocycles. The van der Waals surface area contributed by atoms with Gasteiger partial charge in [-0.1, -0.05) is 29.8 Å². The summed E-state index contributed by atoms with van der Waals surface area (Å²) in [6.45, 7) is 2.02. The van der Waals surface area contributed by atoms with Gasteiger partial charge in [0.1, 0.15) is 5.69 Å². The van der Waals surface area contributed by atoms with E-state index in [1.165, 1.54) is 0 Å². The molecule has 5 nitrogen and oxygen atoms in total. The Hall–Kier alpha value is -2.66. The number of pyridine rings is 1. The molecule has 2 heterocycles. The number of aromatic amines is 1. The minimum atomic E-state index is -0.0888. The van der Waals surface area contributed by atoms with Crippen molar-refractivity contribution in [3.8, 4) is 11.3 Å². The molecule has 0 spiro atoms. The number of carbonyl (C=O) groups excluding carboxylic acids is 1. The predicted molar refractivity (Wildman–Crippen MR) is 101 cm³/mol. The van der Waals surface area contributed by atoms with E-state index in [-0.39, 0.29) is 18.0 Å². The minimum Gasteiger partial charge on any atom is -0.326 e. The Morgan fingerprint density at radius 1 is 1.23 bits per heavy atom. The van der Waals surface area contributed by atoms with Gasteiger partial charge in [0, 0.05) is 22.8 Å². The molecule has 26 heavy (non-hydrogen) atoms. The second-order valence-corrected chi connectivity index (χ2v) is 6.99. The number of hydrogen-bond acceptors (Lipinski definition) is 3. The average Bonchev–Trinajstić information content (AvgIpc) is 3.36. The maximum Gasteiger partial charge on any atom is 0.272 e. The molecule has 1 fully saturated rings. The Morgan fingerprint density at radius 2 is 2.08 bits per heavy atom. The fourth-order valence-electron chi connectivity index (χ4n) is 3.14. The summed E-state index contributed by atoms with van der Waals surface area (Å²) < 4.78 is 0. The molecule has 3 aromatic rings. The average molecular weight is 367 g/mol. The summed E-state index contributed by atoms with van der Waals surface area (Å²) in [6.07, 6.45) is 3.81. The van der Waals surface area contributed by atoms with Gasteiger partial charge < -0.3 is 4.90 Å². The van der Waals surface area contributed by atoms with E-state index in [0.29, 0.717) is 16.4 Å². The molecule has 4 rings (SSSR count). The lowest BCUT2D eigenvalue weighted by Crippen LogP contribution is -2.36. The van der Waals surface area contributed by atoms with Gasteiger partial charge in [-0.2, -0.15) is 5.10 Å². The number of nitrogens with zero attached hydrogens (tertiary/aromatic N) is 3. The molecule has 6 heteroatoms. The Morgan fingerprint density at radius 3 is 2.77 bits per heavy atom. The zero-order chi connectivity index (χ0) is 18.1. The van der Waals surface area contributed by atoms with E-state index in [1.54, 1.807) is 12.3 Å². The molecule has 0 unspecified atom stereocenters. The van der Waals surface area contributed by atoms with Crippen LogP contribution in [0.5, 0.6) is 0 Å². The van der Waals surface area contributed by atoms with Crippen LogP contribution in [-0.2, 0) is 0 Å². The molecule has 0 saturated heterocycles. The van der Waals surface area contributed by atoms with Crippen LogP contribution >= 0.6 is 11.6 Å². The third kappa shape index (κ3) is 3.35. The second kappa shape index (κ2) is 6.92. The van der Waals surface area contributed by atoms with Crippen LogP contribution < -0.4 is 0 Å². The molecule has 2 aromatic heterocycles. The third-order valence-corrected chi connectivity index (χ3v) is 4.87. The molecule has 132 valence electrons. The molecule has 0 aliphatic heterocycles. The number of amides is 1. The van der Waals surface area contributed by atoms with Crippen molar-refractivity contribution in [2.24, 2.45) is 0 Å². The van der Waals surface area contributed by atoms with Crippen LogP contribution in [0.1, 0.15) is 42.0 Å².